The molecule has 1 aliphatic rings. The second kappa shape index (κ2) is 10.3. The molecule has 1 aliphatic heterocycles. The molecule has 2 N–H and O–H groups in total. The molecule has 1 fully saturated rings. The fourth-order valence-electron chi connectivity index (χ4n) is 3.49. The maximum atomic E-state index is 11.9. The lowest BCUT2D eigenvalue weighted by Crippen LogP contribution is -2.29. The number of benzene rings is 1. The Labute approximate surface area is 203 Å². The van der Waals surface area contributed by atoms with Crippen LogP contribution in [0.5, 0.6) is 11.5 Å². The van der Waals surface area contributed by atoms with Gasteiger partial charge in [-0.05, 0) is 59.1 Å². The van der Waals surface area contributed by atoms with Gasteiger partial charge in [-0.15, -0.1) is 5.10 Å². The second-order valence-corrected chi connectivity index (χ2v) is 9.20. The third-order valence-electron chi connectivity index (χ3n) is 5.11. The highest BCUT2D eigenvalue weighted by atomic mass is 79.9. The van der Waals surface area contributed by atoms with Crippen LogP contribution < -0.4 is 14.4 Å². The number of methoxy groups -OCH3 is 2. The summed E-state index contributed by atoms with van der Waals surface area (Å²) in [5.74, 6) is 1.75. The average Bonchev–Trinajstić information content (AvgIpc) is 3.45. The number of H-pyrrole nitrogens is 1. The van der Waals surface area contributed by atoms with Crippen LogP contribution >= 0.6 is 27.7 Å². The number of piperidine rings is 1. The smallest absolute Gasteiger partial charge is 0.342 e. The Hall–Kier alpha value is -2.92. The molecule has 174 valence electrons. The minimum absolute atomic E-state index is 0.0372. The van der Waals surface area contributed by atoms with Crippen molar-refractivity contribution < 1.29 is 23.8 Å². The standard InChI is InChI=1S/C22H23BrN4O5S/c1-30-14-8-13(9-15(10-14)31-2)19-24-22(26-25-19)33-18(21(28)29)12-16-11-17(23)20(32-16)27-6-4-3-5-7-27/h8-12H,3-7H2,1-2H3,(H,28,29)(H,24,25,26)/b18-12-. The zero-order valence-electron chi connectivity index (χ0n) is 18.1. The number of thioether (sulfide) groups is 1. The molecule has 0 spiro atoms. The molecular weight excluding hydrogens is 512 g/mol. The Bertz CT molecular complexity index is 1150. The minimum Gasteiger partial charge on any atom is -0.497 e. The SMILES string of the molecule is COc1cc(OC)cc(-c2nc(S/C(=C\c3cc(Br)c(N4CCCCC4)o3)C(=O)O)n[nH]2)c1. The molecule has 4 rings (SSSR count). The highest BCUT2D eigenvalue weighted by molar-refractivity contribution is 9.10. The highest BCUT2D eigenvalue weighted by Gasteiger charge is 2.20. The van der Waals surface area contributed by atoms with Crippen LogP contribution in [-0.2, 0) is 4.79 Å². The van der Waals surface area contributed by atoms with Crippen LogP contribution in [0.1, 0.15) is 25.0 Å². The van der Waals surface area contributed by atoms with Gasteiger partial charge >= 0.3 is 5.97 Å². The van der Waals surface area contributed by atoms with Crippen molar-refractivity contribution in [3.63, 3.8) is 0 Å². The van der Waals surface area contributed by atoms with E-state index in [9.17, 15) is 9.90 Å². The molecule has 1 aromatic carbocycles. The van der Waals surface area contributed by atoms with Gasteiger partial charge in [0.05, 0.1) is 18.7 Å². The van der Waals surface area contributed by atoms with Crippen LogP contribution in [0, 0.1) is 0 Å². The van der Waals surface area contributed by atoms with E-state index in [-0.39, 0.29) is 10.1 Å². The lowest BCUT2D eigenvalue weighted by atomic mass is 10.1. The first kappa shape index (κ1) is 23.2. The maximum Gasteiger partial charge on any atom is 0.342 e. The molecule has 3 aromatic rings. The van der Waals surface area contributed by atoms with Gasteiger partial charge < -0.3 is 23.9 Å². The number of rotatable bonds is 8. The summed E-state index contributed by atoms with van der Waals surface area (Å²) in [6, 6.07) is 7.10. The summed E-state index contributed by atoms with van der Waals surface area (Å²) in [4.78, 5) is 18.5. The van der Waals surface area contributed by atoms with Crippen molar-refractivity contribution in [3.05, 3.63) is 39.4 Å². The molecule has 2 aromatic heterocycles. The van der Waals surface area contributed by atoms with Crippen molar-refractivity contribution in [2.75, 3.05) is 32.2 Å². The number of furan rings is 1. The first-order chi connectivity index (χ1) is 16.0. The van der Waals surface area contributed by atoms with Crippen LogP contribution in [0.4, 0.5) is 5.88 Å². The number of hydrogen-bond donors (Lipinski definition) is 2. The van der Waals surface area contributed by atoms with Gasteiger partial charge in [0.1, 0.15) is 22.2 Å². The first-order valence-corrected chi connectivity index (χ1v) is 11.9. The number of aromatic amines is 1. The molecule has 11 heteroatoms. The summed E-state index contributed by atoms with van der Waals surface area (Å²) in [6.07, 6.45) is 4.92. The van der Waals surface area contributed by atoms with Crippen molar-refractivity contribution in [2.24, 2.45) is 0 Å². The number of anilines is 1. The number of aliphatic carboxylic acids is 1. The summed E-state index contributed by atoms with van der Waals surface area (Å²) >= 11 is 4.46. The third-order valence-corrected chi connectivity index (χ3v) is 6.55. The fourth-order valence-corrected chi connectivity index (χ4v) is 4.73. The normalized spacial score (nSPS) is 14.4. The van der Waals surface area contributed by atoms with E-state index < -0.39 is 5.97 Å². The Morgan fingerprint density at radius 1 is 1.18 bits per heavy atom. The lowest BCUT2D eigenvalue weighted by molar-refractivity contribution is -0.131. The number of ether oxygens (including phenoxy) is 2. The number of hydrogen-bond acceptors (Lipinski definition) is 8. The van der Waals surface area contributed by atoms with Gasteiger partial charge in [0, 0.05) is 36.9 Å². The molecule has 0 amide bonds. The van der Waals surface area contributed by atoms with Crippen LogP contribution in [-0.4, -0.2) is 53.6 Å². The van der Waals surface area contributed by atoms with E-state index >= 15 is 0 Å². The lowest BCUT2D eigenvalue weighted by Gasteiger charge is -2.26. The number of halogens is 1. The number of carbonyl (C=O) groups is 1. The Morgan fingerprint density at radius 3 is 2.52 bits per heavy atom. The Kier molecular flexibility index (Phi) is 7.29. The van der Waals surface area contributed by atoms with Crippen LogP contribution in [0.25, 0.3) is 17.5 Å². The number of aromatic nitrogens is 3. The second-order valence-electron chi connectivity index (χ2n) is 7.33. The van der Waals surface area contributed by atoms with E-state index in [4.69, 9.17) is 13.9 Å². The van der Waals surface area contributed by atoms with E-state index in [2.05, 4.69) is 36.0 Å². The Balaban J connectivity index is 1.56. The van der Waals surface area contributed by atoms with Gasteiger partial charge in [-0.25, -0.2) is 9.78 Å². The number of nitrogens with zero attached hydrogens (tertiary/aromatic N) is 3. The number of nitrogens with one attached hydrogen (secondary N) is 1. The summed E-state index contributed by atoms with van der Waals surface area (Å²) in [5, 5.41) is 17.0. The predicted molar refractivity (Wildman–Crippen MR) is 129 cm³/mol. The van der Waals surface area contributed by atoms with Crippen molar-refractivity contribution in [1.29, 1.82) is 0 Å². The average molecular weight is 535 g/mol. The topological polar surface area (TPSA) is 114 Å². The number of carboxylic acids is 1. The molecule has 0 bridgehead atoms. The third kappa shape index (κ3) is 5.53. The molecule has 0 radical (unpaired) electrons. The molecule has 0 saturated carbocycles. The van der Waals surface area contributed by atoms with Gasteiger partial charge in [0.25, 0.3) is 0 Å². The molecule has 9 nitrogen and oxygen atoms in total. The molecule has 0 unspecified atom stereocenters. The largest absolute Gasteiger partial charge is 0.497 e. The van der Waals surface area contributed by atoms with Crippen molar-refractivity contribution in [1.82, 2.24) is 15.2 Å². The van der Waals surface area contributed by atoms with E-state index in [0.717, 1.165) is 48.0 Å². The zero-order chi connectivity index (χ0) is 23.4. The van der Waals surface area contributed by atoms with Gasteiger partial charge in [0.15, 0.2) is 5.82 Å². The van der Waals surface area contributed by atoms with Gasteiger partial charge in [-0.1, -0.05) is 0 Å². The van der Waals surface area contributed by atoms with Crippen molar-refractivity contribution in [3.8, 4) is 22.9 Å². The van der Waals surface area contributed by atoms with Gasteiger partial charge in [-0.2, -0.15) is 0 Å². The zero-order valence-corrected chi connectivity index (χ0v) is 20.5. The minimum atomic E-state index is -1.10. The van der Waals surface area contributed by atoms with Crippen LogP contribution in [0.2, 0.25) is 0 Å². The quantitative estimate of drug-likeness (QED) is 0.302. The van der Waals surface area contributed by atoms with Crippen molar-refractivity contribution >= 4 is 45.6 Å². The monoisotopic (exact) mass is 534 g/mol. The Morgan fingerprint density at radius 2 is 1.88 bits per heavy atom. The van der Waals surface area contributed by atoms with Gasteiger partial charge in [0.2, 0.25) is 11.0 Å². The van der Waals surface area contributed by atoms with Crippen LogP contribution in [0.3, 0.4) is 0 Å². The first-order valence-electron chi connectivity index (χ1n) is 10.3. The van der Waals surface area contributed by atoms with Crippen molar-refractivity contribution in [2.45, 2.75) is 24.4 Å². The highest BCUT2D eigenvalue weighted by Crippen LogP contribution is 2.35. The summed E-state index contributed by atoms with van der Waals surface area (Å²) in [5.41, 5.74) is 0.701. The summed E-state index contributed by atoms with van der Waals surface area (Å²) in [7, 11) is 3.13. The van der Waals surface area contributed by atoms with Crippen LogP contribution in [0.15, 0.2) is 43.2 Å². The van der Waals surface area contributed by atoms with E-state index in [1.54, 1.807) is 38.5 Å². The van der Waals surface area contributed by atoms with E-state index in [1.807, 2.05) is 0 Å². The molecule has 0 atom stereocenters. The molecule has 33 heavy (non-hydrogen) atoms. The fraction of sp³-hybridized carbons (Fsp3) is 0.318. The molecule has 1 saturated heterocycles. The molecule has 0 aliphatic carbocycles. The predicted octanol–water partition coefficient (Wildman–Crippen LogP) is 5.05. The number of carboxylic acid groups (broad SMARTS) is 1. The summed E-state index contributed by atoms with van der Waals surface area (Å²) < 4.78 is 17.3. The molecule has 3 heterocycles. The summed E-state index contributed by atoms with van der Waals surface area (Å²) in [6.45, 7) is 1.84. The van der Waals surface area contributed by atoms with Gasteiger partial charge in [-0.3, -0.25) is 5.10 Å². The maximum absolute atomic E-state index is 11.9. The van der Waals surface area contributed by atoms with E-state index in [0.29, 0.717) is 28.6 Å². The molecular formula is C22H23BrN4O5S. The van der Waals surface area contributed by atoms with E-state index in [1.165, 1.54) is 12.5 Å².